The van der Waals surface area contributed by atoms with Crippen molar-refractivity contribution in [2.45, 2.75) is 25.1 Å². The predicted octanol–water partition coefficient (Wildman–Crippen LogP) is 3.61. The molecule has 5 rings (SSSR count). The standard InChI is InChI=1S/C30H30N2O5S.Na/c1-21(38(33,34)35)18-19-31-29-7-5-4-6-27(29)28-20-24(12-17-30(28)31)32(22-8-13-25(36-2)14-9-22)23-10-15-26(37-3)16-11-23;/h4-17,20-21H,18-19H2,1-3H3,(H,33,34,35);/q;+1/p-1. The van der Waals surface area contributed by atoms with E-state index in [2.05, 4.69) is 33.7 Å². The Bertz CT molecular complexity index is 1640. The van der Waals surface area contributed by atoms with E-state index in [9.17, 15) is 13.0 Å². The van der Waals surface area contributed by atoms with Crippen LogP contribution < -0.4 is 43.9 Å². The van der Waals surface area contributed by atoms with E-state index in [1.807, 2.05) is 66.7 Å². The van der Waals surface area contributed by atoms with Crippen LogP contribution in [0.1, 0.15) is 13.3 Å². The molecule has 0 saturated carbocycles. The average Bonchev–Trinajstić information content (AvgIpc) is 3.25. The van der Waals surface area contributed by atoms with Gasteiger partial charge < -0.3 is 23.5 Å². The van der Waals surface area contributed by atoms with Crippen molar-refractivity contribution in [2.75, 3.05) is 19.1 Å². The van der Waals surface area contributed by atoms with Gasteiger partial charge in [-0.05, 0) is 86.1 Å². The second-order valence-electron chi connectivity index (χ2n) is 9.19. The van der Waals surface area contributed by atoms with E-state index >= 15 is 0 Å². The number of hydrogen-bond acceptors (Lipinski definition) is 6. The summed E-state index contributed by atoms with van der Waals surface area (Å²) in [6, 6.07) is 30.1. The van der Waals surface area contributed by atoms with Gasteiger partial charge >= 0.3 is 29.6 Å². The number of aryl methyl sites for hydroxylation is 1. The van der Waals surface area contributed by atoms with Gasteiger partial charge in [0.1, 0.15) is 11.5 Å². The monoisotopic (exact) mass is 552 g/mol. The molecule has 0 saturated heterocycles. The molecule has 0 amide bonds. The van der Waals surface area contributed by atoms with E-state index in [4.69, 9.17) is 9.47 Å². The van der Waals surface area contributed by atoms with Crippen LogP contribution in [-0.2, 0) is 16.7 Å². The van der Waals surface area contributed by atoms with Gasteiger partial charge in [-0.1, -0.05) is 18.2 Å². The predicted molar refractivity (Wildman–Crippen MR) is 151 cm³/mol. The number of fused-ring (bicyclic) bond motifs is 3. The number of methoxy groups -OCH3 is 2. The first kappa shape index (κ1) is 29.0. The fourth-order valence-corrected chi connectivity index (χ4v) is 5.18. The SMILES string of the molecule is COc1ccc(N(c2ccc(OC)cc2)c2ccc3c(c2)c2ccccc2n3CCC(C)S(=O)(=O)[O-])cc1.[Na+]. The van der Waals surface area contributed by atoms with Crippen LogP contribution in [0.15, 0.2) is 91.0 Å². The van der Waals surface area contributed by atoms with Crippen LogP contribution in [0.4, 0.5) is 17.1 Å². The smallest absolute Gasteiger partial charge is 0.748 e. The summed E-state index contributed by atoms with van der Waals surface area (Å²) in [6.45, 7) is 1.89. The molecule has 9 heteroatoms. The molecule has 0 aliphatic heterocycles. The molecule has 5 aromatic rings. The molecule has 0 aliphatic carbocycles. The van der Waals surface area contributed by atoms with Gasteiger partial charge in [-0.25, -0.2) is 8.42 Å². The number of anilines is 3. The molecule has 0 fully saturated rings. The molecule has 7 nitrogen and oxygen atoms in total. The van der Waals surface area contributed by atoms with E-state index < -0.39 is 15.4 Å². The molecule has 1 heterocycles. The van der Waals surface area contributed by atoms with Gasteiger partial charge in [-0.15, -0.1) is 0 Å². The number of ether oxygens (including phenoxy) is 2. The number of para-hydroxylation sites is 1. The van der Waals surface area contributed by atoms with E-state index in [0.29, 0.717) is 6.54 Å². The number of benzene rings is 4. The molecule has 0 radical (unpaired) electrons. The summed E-state index contributed by atoms with van der Waals surface area (Å²) >= 11 is 0. The number of nitrogens with zero attached hydrogens (tertiary/aromatic N) is 2. The van der Waals surface area contributed by atoms with Crippen molar-refractivity contribution in [1.82, 2.24) is 4.57 Å². The van der Waals surface area contributed by atoms with E-state index in [1.165, 1.54) is 6.92 Å². The third kappa shape index (κ3) is 5.95. The van der Waals surface area contributed by atoms with Gasteiger partial charge in [0.2, 0.25) is 0 Å². The third-order valence-electron chi connectivity index (χ3n) is 6.93. The Morgan fingerprint density at radius 3 is 1.82 bits per heavy atom. The minimum Gasteiger partial charge on any atom is -0.748 e. The maximum Gasteiger partial charge on any atom is 1.00 e. The van der Waals surface area contributed by atoms with Crippen LogP contribution in [0, 0.1) is 0 Å². The zero-order valence-electron chi connectivity index (χ0n) is 22.5. The van der Waals surface area contributed by atoms with Gasteiger partial charge in [0.25, 0.3) is 0 Å². The maximum absolute atomic E-state index is 11.5. The molecule has 0 N–H and O–H groups in total. The quantitative estimate of drug-likeness (QED) is 0.205. The second-order valence-corrected chi connectivity index (χ2v) is 11.0. The Morgan fingerprint density at radius 1 is 0.769 bits per heavy atom. The Kier molecular flexibility index (Phi) is 8.93. The van der Waals surface area contributed by atoms with Gasteiger partial charge in [-0.3, -0.25) is 0 Å². The summed E-state index contributed by atoms with van der Waals surface area (Å²) in [7, 11) is -1.05. The molecule has 0 aliphatic rings. The van der Waals surface area contributed by atoms with Crippen LogP contribution in [0.25, 0.3) is 21.8 Å². The van der Waals surface area contributed by atoms with Gasteiger partial charge in [-0.2, -0.15) is 0 Å². The molecule has 1 unspecified atom stereocenters. The number of aromatic nitrogens is 1. The summed E-state index contributed by atoms with van der Waals surface area (Å²) < 4.78 is 47.3. The van der Waals surface area contributed by atoms with Crippen molar-refractivity contribution in [3.05, 3.63) is 91.0 Å². The van der Waals surface area contributed by atoms with Crippen LogP contribution in [0.3, 0.4) is 0 Å². The first-order chi connectivity index (χ1) is 18.3. The van der Waals surface area contributed by atoms with Crippen LogP contribution in [0.2, 0.25) is 0 Å². The zero-order valence-corrected chi connectivity index (χ0v) is 25.3. The largest absolute Gasteiger partial charge is 1.00 e. The normalized spacial score (nSPS) is 12.2. The topological polar surface area (TPSA) is 83.8 Å². The molecule has 0 spiro atoms. The van der Waals surface area contributed by atoms with Crippen molar-refractivity contribution >= 4 is 49.0 Å². The summed E-state index contributed by atoms with van der Waals surface area (Å²) in [6.07, 6.45) is 0.241. The summed E-state index contributed by atoms with van der Waals surface area (Å²) in [5.41, 5.74) is 4.87. The Morgan fingerprint density at radius 2 is 1.28 bits per heavy atom. The Hall–Kier alpha value is -3.01. The van der Waals surface area contributed by atoms with Crippen LogP contribution in [-0.4, -0.2) is 37.0 Å². The Labute approximate surface area is 251 Å². The molecular weight excluding hydrogens is 523 g/mol. The molecule has 1 aromatic heterocycles. The fourth-order valence-electron chi connectivity index (χ4n) is 4.79. The minimum atomic E-state index is -4.34. The average molecular weight is 553 g/mol. The van der Waals surface area contributed by atoms with Crippen LogP contribution >= 0.6 is 0 Å². The molecule has 4 aromatic carbocycles. The maximum atomic E-state index is 11.5. The molecular formula is C30H29N2NaO5S. The number of rotatable bonds is 9. The van der Waals surface area contributed by atoms with Crippen LogP contribution in [0.5, 0.6) is 11.5 Å². The van der Waals surface area contributed by atoms with Gasteiger partial charge in [0.05, 0.1) is 24.3 Å². The van der Waals surface area contributed by atoms with E-state index in [-0.39, 0.29) is 36.0 Å². The van der Waals surface area contributed by atoms with Gasteiger partial charge in [0.15, 0.2) is 0 Å². The summed E-state index contributed by atoms with van der Waals surface area (Å²) in [5, 5.41) is 1.15. The van der Waals surface area contributed by atoms with Gasteiger partial charge in [0, 0.05) is 50.7 Å². The number of hydrogen-bond donors (Lipinski definition) is 0. The van der Waals surface area contributed by atoms with Crippen molar-refractivity contribution in [1.29, 1.82) is 0 Å². The van der Waals surface area contributed by atoms with E-state index in [0.717, 1.165) is 50.4 Å². The molecule has 196 valence electrons. The fraction of sp³-hybridized carbons (Fsp3) is 0.200. The van der Waals surface area contributed by atoms with Crippen molar-refractivity contribution < 1.29 is 52.0 Å². The van der Waals surface area contributed by atoms with E-state index in [1.54, 1.807) is 14.2 Å². The summed E-state index contributed by atoms with van der Waals surface area (Å²) in [4.78, 5) is 2.16. The molecule has 1 atom stereocenters. The third-order valence-corrected chi connectivity index (χ3v) is 8.15. The molecule has 39 heavy (non-hydrogen) atoms. The molecule has 0 bridgehead atoms. The van der Waals surface area contributed by atoms with Crippen molar-refractivity contribution in [3.8, 4) is 11.5 Å². The van der Waals surface area contributed by atoms with Crippen molar-refractivity contribution in [2.24, 2.45) is 0 Å². The zero-order chi connectivity index (χ0) is 26.9. The summed E-state index contributed by atoms with van der Waals surface area (Å²) in [5.74, 6) is 1.55. The first-order valence-corrected chi connectivity index (χ1v) is 13.8. The van der Waals surface area contributed by atoms with Crippen molar-refractivity contribution in [3.63, 3.8) is 0 Å². The second kappa shape index (κ2) is 12.0. The minimum absolute atomic E-state index is 0. The first-order valence-electron chi connectivity index (χ1n) is 12.3. The Balaban J connectivity index is 0.00000353.